The van der Waals surface area contributed by atoms with Gasteiger partial charge in [0.05, 0.1) is 22.0 Å². The van der Waals surface area contributed by atoms with Gasteiger partial charge in [-0.05, 0) is 84.8 Å². The molecule has 216 valence electrons. The van der Waals surface area contributed by atoms with Crippen molar-refractivity contribution in [1.29, 1.82) is 0 Å². The number of carbonyl (C=O) groups is 1. The predicted molar refractivity (Wildman–Crippen MR) is 178 cm³/mol. The number of rotatable bonds is 5. The molecule has 0 spiro atoms. The van der Waals surface area contributed by atoms with E-state index in [4.69, 9.17) is 26.9 Å². The Morgan fingerprint density at radius 1 is 0.930 bits per heavy atom. The minimum absolute atomic E-state index is 0.0325. The molecule has 3 aromatic carbocycles. The van der Waals surface area contributed by atoms with E-state index in [2.05, 4.69) is 20.8 Å². The van der Waals surface area contributed by atoms with E-state index in [1.165, 1.54) is 18.2 Å². The Kier molecular flexibility index (Phi) is 6.90. The highest BCUT2D eigenvalue weighted by molar-refractivity contribution is 8.19. The van der Waals surface area contributed by atoms with E-state index in [0.29, 0.717) is 21.0 Å². The van der Waals surface area contributed by atoms with Crippen LogP contribution in [0.25, 0.3) is 23.0 Å². The molecule has 2 saturated carbocycles. The largest absolute Gasteiger partial charge is 0.271 e. The molecule has 2 heterocycles. The lowest BCUT2D eigenvalue weighted by Crippen LogP contribution is -2.32. The van der Waals surface area contributed by atoms with Crippen LogP contribution in [-0.2, 0) is 4.79 Å². The summed E-state index contributed by atoms with van der Waals surface area (Å²) < 4.78 is 1.84. The summed E-state index contributed by atoms with van der Waals surface area (Å²) in [6.45, 7) is 7.05. The van der Waals surface area contributed by atoms with E-state index in [-0.39, 0.29) is 16.7 Å². The highest BCUT2D eigenvalue weighted by Gasteiger charge is 2.60. The van der Waals surface area contributed by atoms with Crippen LogP contribution in [0.5, 0.6) is 0 Å². The molecule has 2 atom stereocenters. The molecule has 2 bridgehead atoms. The molecule has 1 aromatic heterocycles. The molecule has 7 rings (SSSR count). The van der Waals surface area contributed by atoms with Crippen LogP contribution < -0.4 is 4.90 Å². The van der Waals surface area contributed by atoms with Gasteiger partial charge in [0.15, 0.2) is 0 Å². The lowest BCUT2D eigenvalue weighted by Gasteiger charge is -2.34. The van der Waals surface area contributed by atoms with Gasteiger partial charge in [0, 0.05) is 33.5 Å². The molecule has 0 radical (unpaired) electrons. The van der Waals surface area contributed by atoms with Crippen LogP contribution in [0.15, 0.2) is 106 Å². The molecule has 0 N–H and O–H groups in total. The zero-order valence-electron chi connectivity index (χ0n) is 24.4. The van der Waals surface area contributed by atoms with Crippen LogP contribution in [0.4, 0.5) is 5.69 Å². The zero-order valence-corrected chi connectivity index (χ0v) is 25.9. The second-order valence-electron chi connectivity index (χ2n) is 12.2. The Labute approximate surface area is 261 Å². The molecule has 43 heavy (non-hydrogen) atoms. The predicted octanol–water partition coefficient (Wildman–Crippen LogP) is 8.87. The fourth-order valence-corrected chi connectivity index (χ4v) is 7.76. The summed E-state index contributed by atoms with van der Waals surface area (Å²) in [7, 11) is 0. The number of thioether (sulfide) groups is 1. The number of amides is 1. The van der Waals surface area contributed by atoms with Gasteiger partial charge in [0.1, 0.15) is 0 Å². The van der Waals surface area contributed by atoms with Crippen LogP contribution in [0.2, 0.25) is 5.02 Å². The number of amidine groups is 1. The Bertz CT molecular complexity index is 1790. The number of halogens is 1. The van der Waals surface area contributed by atoms with E-state index in [1.54, 1.807) is 4.90 Å². The van der Waals surface area contributed by atoms with Crippen LogP contribution in [-0.4, -0.2) is 26.6 Å². The van der Waals surface area contributed by atoms with E-state index in [1.807, 2.05) is 102 Å². The first-order valence-corrected chi connectivity index (χ1v) is 15.8. The van der Waals surface area contributed by atoms with Crippen molar-refractivity contribution in [1.82, 2.24) is 9.78 Å². The number of hydrogen-bond acceptors (Lipinski definition) is 5. The molecule has 2 aliphatic carbocycles. The van der Waals surface area contributed by atoms with Gasteiger partial charge >= 0.3 is 0 Å². The SMILES string of the molecule is CC12CCC(CC1=NN=C1SC(=Cc3cn(-c4ccccc4)nc3-c3ccc(Cl)cc3)C(=O)N1c1ccccc1)C2(C)C. The Balaban J connectivity index is 1.31. The Morgan fingerprint density at radius 3 is 2.23 bits per heavy atom. The average molecular weight is 606 g/mol. The van der Waals surface area contributed by atoms with E-state index in [9.17, 15) is 4.79 Å². The minimum Gasteiger partial charge on any atom is -0.268 e. The summed E-state index contributed by atoms with van der Waals surface area (Å²) in [6, 6.07) is 27.2. The second-order valence-corrected chi connectivity index (χ2v) is 13.7. The Hall–Kier alpha value is -3.94. The van der Waals surface area contributed by atoms with Crippen LogP contribution >= 0.6 is 23.4 Å². The summed E-state index contributed by atoms with van der Waals surface area (Å²) in [5, 5.41) is 15.8. The molecule has 2 unspecified atom stereocenters. The normalized spacial score (nSPS) is 25.5. The number of anilines is 1. The fourth-order valence-electron chi connectivity index (χ4n) is 6.71. The number of carbonyl (C=O) groups excluding carboxylic acids is 1. The average Bonchev–Trinajstić information content (AvgIpc) is 3.69. The van der Waals surface area contributed by atoms with Gasteiger partial charge < -0.3 is 0 Å². The standard InChI is InChI=1S/C35H32ClN5OS/c1-34(2)25-18-19-35(34,3)30(21-25)37-38-33-41(28-12-8-5-9-13-28)32(42)29(43-33)20-24-22-40(27-10-6-4-7-11-27)39-31(24)23-14-16-26(36)17-15-23/h4-17,20,22,25H,18-19,21H2,1-3H3. The molecule has 1 amide bonds. The molecule has 3 fully saturated rings. The van der Waals surface area contributed by atoms with Crippen molar-refractivity contribution < 1.29 is 4.79 Å². The fraction of sp³-hybridized carbons (Fsp3) is 0.257. The molecule has 6 nitrogen and oxygen atoms in total. The first-order valence-electron chi connectivity index (χ1n) is 14.6. The summed E-state index contributed by atoms with van der Waals surface area (Å²) in [6.07, 6.45) is 7.21. The highest BCUT2D eigenvalue weighted by atomic mass is 35.5. The van der Waals surface area contributed by atoms with E-state index in [0.717, 1.165) is 46.7 Å². The van der Waals surface area contributed by atoms with Crippen LogP contribution in [0, 0.1) is 16.7 Å². The molecule has 3 aliphatic rings. The first-order chi connectivity index (χ1) is 20.7. The molecule has 4 aromatic rings. The maximum atomic E-state index is 14.0. The van der Waals surface area contributed by atoms with Gasteiger partial charge in [-0.25, -0.2) is 4.68 Å². The lowest BCUT2D eigenvalue weighted by molar-refractivity contribution is -0.113. The number of fused-ring (bicyclic) bond motifs is 2. The van der Waals surface area contributed by atoms with Gasteiger partial charge in [0.2, 0.25) is 5.17 Å². The number of nitrogens with zero attached hydrogens (tertiary/aromatic N) is 5. The van der Waals surface area contributed by atoms with Crippen molar-refractivity contribution in [3.05, 3.63) is 107 Å². The number of para-hydroxylation sites is 2. The third-order valence-electron chi connectivity index (χ3n) is 9.76. The van der Waals surface area contributed by atoms with Crippen molar-refractivity contribution in [2.75, 3.05) is 4.90 Å². The number of hydrogen-bond donors (Lipinski definition) is 0. The molecule has 1 saturated heterocycles. The van der Waals surface area contributed by atoms with Gasteiger partial charge in [0.25, 0.3) is 5.91 Å². The number of benzene rings is 3. The third kappa shape index (κ3) is 4.75. The minimum atomic E-state index is -0.135. The quantitative estimate of drug-likeness (QED) is 0.169. The molecule has 1 aliphatic heterocycles. The van der Waals surface area contributed by atoms with Gasteiger partial charge in [-0.3, -0.25) is 9.69 Å². The van der Waals surface area contributed by atoms with Gasteiger partial charge in [-0.2, -0.15) is 10.2 Å². The van der Waals surface area contributed by atoms with E-state index < -0.39 is 0 Å². The smallest absolute Gasteiger partial charge is 0.268 e. The van der Waals surface area contributed by atoms with Crippen molar-refractivity contribution in [3.63, 3.8) is 0 Å². The van der Waals surface area contributed by atoms with Crippen LogP contribution in [0.3, 0.4) is 0 Å². The van der Waals surface area contributed by atoms with E-state index >= 15 is 0 Å². The van der Waals surface area contributed by atoms with Crippen LogP contribution in [0.1, 0.15) is 45.6 Å². The monoisotopic (exact) mass is 605 g/mol. The van der Waals surface area contributed by atoms with Crippen molar-refractivity contribution in [2.45, 2.75) is 40.0 Å². The third-order valence-corrected chi connectivity index (χ3v) is 11.0. The Morgan fingerprint density at radius 2 is 1.60 bits per heavy atom. The molecule has 8 heteroatoms. The topological polar surface area (TPSA) is 62.9 Å². The van der Waals surface area contributed by atoms with Crippen molar-refractivity contribution in [2.24, 2.45) is 27.0 Å². The lowest BCUT2D eigenvalue weighted by atomic mass is 9.70. The summed E-state index contributed by atoms with van der Waals surface area (Å²) in [5.74, 6) is 0.492. The first kappa shape index (κ1) is 27.9. The van der Waals surface area contributed by atoms with Crippen molar-refractivity contribution >= 4 is 51.9 Å². The molecular formula is C35H32ClN5OS. The summed E-state index contributed by atoms with van der Waals surface area (Å²) in [4.78, 5) is 16.3. The second kappa shape index (κ2) is 10.6. The zero-order chi connectivity index (χ0) is 29.8. The van der Waals surface area contributed by atoms with Gasteiger partial charge in [-0.1, -0.05) is 80.9 Å². The summed E-state index contributed by atoms with van der Waals surface area (Å²) in [5.41, 5.74) is 5.57. The maximum absolute atomic E-state index is 14.0. The maximum Gasteiger partial charge on any atom is 0.271 e. The number of aromatic nitrogens is 2. The molecular weight excluding hydrogens is 574 g/mol. The van der Waals surface area contributed by atoms with Crippen molar-refractivity contribution in [3.8, 4) is 16.9 Å². The summed E-state index contributed by atoms with van der Waals surface area (Å²) >= 11 is 7.55. The highest BCUT2D eigenvalue weighted by Crippen LogP contribution is 2.64. The van der Waals surface area contributed by atoms with Gasteiger partial charge in [-0.15, -0.1) is 5.10 Å².